The van der Waals surface area contributed by atoms with E-state index in [0.717, 1.165) is 11.3 Å². The van der Waals surface area contributed by atoms with Crippen molar-refractivity contribution in [2.45, 2.75) is 26.8 Å². The monoisotopic (exact) mass is 678 g/mol. The topological polar surface area (TPSA) is 152 Å². The van der Waals surface area contributed by atoms with Gasteiger partial charge in [0.05, 0.1) is 52.2 Å². The van der Waals surface area contributed by atoms with Crippen LogP contribution in [0.3, 0.4) is 0 Å². The number of rotatable bonds is 12. The Labute approximate surface area is 270 Å². The molecule has 1 atom stereocenters. The zero-order valence-electron chi connectivity index (χ0n) is 24.5. The van der Waals surface area contributed by atoms with Gasteiger partial charge in [-0.25, -0.2) is 19.4 Å². The number of esters is 2. The summed E-state index contributed by atoms with van der Waals surface area (Å²) >= 11 is 13.7. The van der Waals surface area contributed by atoms with Crippen molar-refractivity contribution in [3.05, 3.63) is 82.5 Å². The van der Waals surface area contributed by atoms with E-state index in [9.17, 15) is 19.2 Å². The summed E-state index contributed by atoms with van der Waals surface area (Å²) in [5.41, 5.74) is 1.01. The van der Waals surface area contributed by atoms with Gasteiger partial charge in [-0.15, -0.1) is 0 Å². The molecular formula is C30H28Cl2N2O10S. The standard InChI is InChI=1S/C30H28Cl2N2O10S/c1-5-41-21-12-17(7-8-20(21)43-14-24(37)40-4)26-25(29(39)42-6-2)15(3)33-30-34(26)28(38)22(45-30)11-16-9-18(31)27(19(32)10-16)44-13-23(35)36/h7-12,26H,5-6,13-14H2,1-4H3,(H,35,36)/b22-11-/t26-/m1/s1. The number of carbonyl (C=O) groups is 3. The average molecular weight is 680 g/mol. The van der Waals surface area contributed by atoms with Crippen LogP contribution in [0.1, 0.15) is 37.9 Å². The van der Waals surface area contributed by atoms with Gasteiger partial charge < -0.3 is 28.8 Å². The van der Waals surface area contributed by atoms with E-state index < -0.39 is 36.1 Å². The maximum Gasteiger partial charge on any atom is 0.343 e. The van der Waals surface area contributed by atoms with Gasteiger partial charge in [-0.1, -0.05) is 40.6 Å². The zero-order chi connectivity index (χ0) is 32.8. The fraction of sp³-hybridized carbons (Fsp3) is 0.300. The largest absolute Gasteiger partial charge is 0.490 e. The highest BCUT2D eigenvalue weighted by molar-refractivity contribution is 7.07. The van der Waals surface area contributed by atoms with E-state index in [4.69, 9.17) is 47.3 Å². The second-order valence-corrected chi connectivity index (χ2v) is 11.1. The van der Waals surface area contributed by atoms with Crippen molar-refractivity contribution in [2.75, 3.05) is 33.5 Å². The van der Waals surface area contributed by atoms with Crippen molar-refractivity contribution >= 4 is 58.5 Å². The number of carbonyl (C=O) groups excluding carboxylic acids is 2. The van der Waals surface area contributed by atoms with Gasteiger partial charge in [0, 0.05) is 0 Å². The average Bonchev–Trinajstić information content (AvgIpc) is 3.28. The molecule has 4 rings (SSSR count). The van der Waals surface area contributed by atoms with Crippen LogP contribution in [-0.4, -0.2) is 61.1 Å². The van der Waals surface area contributed by atoms with Crippen LogP contribution < -0.4 is 29.1 Å². The fourth-order valence-corrected chi connectivity index (χ4v) is 6.13. The number of fused-ring (bicyclic) bond motifs is 1. The summed E-state index contributed by atoms with van der Waals surface area (Å²) < 4.78 is 28.2. The molecule has 0 aliphatic carbocycles. The van der Waals surface area contributed by atoms with Gasteiger partial charge in [0.15, 0.2) is 35.3 Å². The second-order valence-electron chi connectivity index (χ2n) is 9.30. The number of aromatic nitrogens is 1. The van der Waals surface area contributed by atoms with Crippen LogP contribution >= 0.6 is 34.5 Å². The molecule has 1 aromatic heterocycles. The highest BCUT2D eigenvalue weighted by atomic mass is 35.5. The van der Waals surface area contributed by atoms with Crippen LogP contribution in [0.4, 0.5) is 0 Å². The predicted octanol–water partition coefficient (Wildman–Crippen LogP) is 3.52. The lowest BCUT2D eigenvalue weighted by Gasteiger charge is -2.25. The number of carboxylic acids is 1. The van der Waals surface area contributed by atoms with Gasteiger partial charge in [0.1, 0.15) is 0 Å². The Hall–Kier alpha value is -4.33. The molecule has 2 heterocycles. The summed E-state index contributed by atoms with van der Waals surface area (Å²) in [5, 5.41) is 9.02. The van der Waals surface area contributed by atoms with Crippen LogP contribution in [0.15, 0.2) is 51.4 Å². The Kier molecular flexibility index (Phi) is 10.9. The Balaban J connectivity index is 1.87. The van der Waals surface area contributed by atoms with Crippen molar-refractivity contribution < 1.29 is 43.2 Å². The van der Waals surface area contributed by atoms with Crippen LogP contribution in [0.2, 0.25) is 10.0 Å². The van der Waals surface area contributed by atoms with Crippen LogP contribution in [0.5, 0.6) is 17.2 Å². The molecule has 3 aromatic rings. The number of halogens is 2. The Morgan fingerprint density at radius 2 is 1.73 bits per heavy atom. The number of benzene rings is 2. The van der Waals surface area contributed by atoms with Gasteiger partial charge in [0.2, 0.25) is 0 Å². The lowest BCUT2D eigenvalue weighted by molar-refractivity contribution is -0.143. The summed E-state index contributed by atoms with van der Waals surface area (Å²) in [6.07, 6.45) is 1.55. The number of carboxylic acid groups (broad SMARTS) is 1. The molecule has 0 spiro atoms. The van der Waals surface area contributed by atoms with E-state index in [2.05, 4.69) is 9.73 Å². The van der Waals surface area contributed by atoms with E-state index in [1.807, 2.05) is 0 Å². The van der Waals surface area contributed by atoms with Crippen molar-refractivity contribution in [1.82, 2.24) is 4.57 Å². The third-order valence-corrected chi connectivity index (χ3v) is 7.88. The van der Waals surface area contributed by atoms with Gasteiger partial charge in [-0.2, -0.15) is 0 Å². The van der Waals surface area contributed by atoms with E-state index in [1.165, 1.54) is 23.8 Å². The molecule has 1 aliphatic heterocycles. The molecule has 0 saturated carbocycles. The SMILES string of the molecule is CCOC(=O)C1=C(C)N=c2s/c(=C\c3cc(Cl)c(OCC(=O)O)c(Cl)c3)c(=O)n2[C@@H]1c1ccc(OCC(=O)OC)c(OCC)c1. The van der Waals surface area contributed by atoms with Gasteiger partial charge >= 0.3 is 17.9 Å². The minimum Gasteiger partial charge on any atom is -0.490 e. The molecule has 0 bridgehead atoms. The summed E-state index contributed by atoms with van der Waals surface area (Å²) in [6.45, 7) is 4.49. The Morgan fingerprint density at radius 1 is 1.02 bits per heavy atom. The Bertz CT molecular complexity index is 1840. The minimum absolute atomic E-state index is 0.00170. The quantitative estimate of drug-likeness (QED) is 0.282. The normalized spacial score (nSPS) is 14.4. The number of nitrogens with zero attached hydrogens (tertiary/aromatic N) is 2. The van der Waals surface area contributed by atoms with Crippen molar-refractivity contribution in [3.8, 4) is 17.2 Å². The summed E-state index contributed by atoms with van der Waals surface area (Å²) in [4.78, 5) is 54.7. The van der Waals surface area contributed by atoms with Crippen LogP contribution in [0, 0.1) is 0 Å². The van der Waals surface area contributed by atoms with Crippen LogP contribution in [0.25, 0.3) is 6.08 Å². The van der Waals surface area contributed by atoms with E-state index in [1.54, 1.807) is 45.0 Å². The first kappa shape index (κ1) is 33.6. The summed E-state index contributed by atoms with van der Waals surface area (Å²) in [5.74, 6) is -1.87. The van der Waals surface area contributed by atoms with E-state index in [0.29, 0.717) is 21.6 Å². The molecule has 45 heavy (non-hydrogen) atoms. The van der Waals surface area contributed by atoms with Crippen molar-refractivity contribution in [3.63, 3.8) is 0 Å². The first-order valence-corrected chi connectivity index (χ1v) is 15.1. The maximum atomic E-state index is 14.0. The molecule has 2 aromatic carbocycles. The Morgan fingerprint density at radius 3 is 2.36 bits per heavy atom. The molecule has 1 N–H and O–H groups in total. The fourth-order valence-electron chi connectivity index (χ4n) is 4.47. The number of ether oxygens (including phenoxy) is 5. The van der Waals surface area contributed by atoms with E-state index >= 15 is 0 Å². The molecule has 15 heteroatoms. The van der Waals surface area contributed by atoms with Gasteiger partial charge in [-0.3, -0.25) is 9.36 Å². The first-order valence-electron chi connectivity index (χ1n) is 13.5. The number of methoxy groups -OCH3 is 1. The maximum absolute atomic E-state index is 14.0. The second kappa shape index (κ2) is 14.6. The van der Waals surface area contributed by atoms with Gasteiger partial charge in [-0.05, 0) is 62.2 Å². The highest BCUT2D eigenvalue weighted by Gasteiger charge is 2.34. The molecule has 0 saturated heterocycles. The molecule has 0 unspecified atom stereocenters. The molecule has 0 amide bonds. The number of thiazole rings is 1. The zero-order valence-corrected chi connectivity index (χ0v) is 26.9. The number of hydrogen-bond acceptors (Lipinski definition) is 11. The predicted molar refractivity (Wildman–Crippen MR) is 165 cm³/mol. The molecule has 0 radical (unpaired) electrons. The summed E-state index contributed by atoms with van der Waals surface area (Å²) in [7, 11) is 1.24. The number of allylic oxidation sites excluding steroid dienone is 1. The summed E-state index contributed by atoms with van der Waals surface area (Å²) in [6, 6.07) is 6.88. The molecule has 1 aliphatic rings. The number of aliphatic carboxylic acids is 1. The molecule has 238 valence electrons. The molecule has 0 fully saturated rings. The van der Waals surface area contributed by atoms with Crippen LogP contribution in [-0.2, 0) is 23.9 Å². The van der Waals surface area contributed by atoms with E-state index in [-0.39, 0.29) is 57.2 Å². The smallest absolute Gasteiger partial charge is 0.343 e. The third kappa shape index (κ3) is 7.49. The third-order valence-electron chi connectivity index (χ3n) is 6.33. The lowest BCUT2D eigenvalue weighted by atomic mass is 9.95. The molecular weight excluding hydrogens is 651 g/mol. The first-order chi connectivity index (χ1) is 21.5. The lowest BCUT2D eigenvalue weighted by Crippen LogP contribution is -2.40. The van der Waals surface area contributed by atoms with Crippen molar-refractivity contribution in [2.24, 2.45) is 4.99 Å². The minimum atomic E-state index is -1.20. The van der Waals surface area contributed by atoms with Gasteiger partial charge in [0.25, 0.3) is 5.56 Å². The number of hydrogen-bond donors (Lipinski definition) is 1. The molecule has 12 nitrogen and oxygen atoms in total. The highest BCUT2D eigenvalue weighted by Crippen LogP contribution is 2.37. The van der Waals surface area contributed by atoms with Crippen molar-refractivity contribution in [1.29, 1.82) is 0 Å².